The first kappa shape index (κ1) is 63.2. The Morgan fingerprint density at radius 1 is 0.225 bits per heavy atom. The third kappa shape index (κ3) is 11.0. The molecule has 0 aliphatic carbocycles. The molecular weight excluding hydrogens is 1070 g/mol. The Morgan fingerprint density at radius 3 is 0.753 bits per heavy atom. The average molecular weight is 1170 g/mol. The molecule has 0 radical (unpaired) electrons. The smallest absolute Gasteiger partial charge is 0.252 e. The van der Waals surface area contributed by atoms with Crippen molar-refractivity contribution in [3.8, 4) is 0 Å². The molecule has 2 nitrogen and oxygen atoms in total. The maximum Gasteiger partial charge on any atom is 0.252 e. The van der Waals surface area contributed by atoms with Gasteiger partial charge in [-0.05, 0) is 164 Å². The Hall–Kier alpha value is -7.36. The quantitative estimate of drug-likeness (QED) is 0.126. The van der Waals surface area contributed by atoms with Crippen LogP contribution in [0.3, 0.4) is 0 Å². The van der Waals surface area contributed by atoms with Gasteiger partial charge in [0.15, 0.2) is 0 Å². The summed E-state index contributed by atoms with van der Waals surface area (Å²) in [5.74, 6) is 0. The lowest BCUT2D eigenvalue weighted by molar-refractivity contribution is 0.549. The molecule has 0 saturated heterocycles. The number of nitrogens with zero attached hydrogens (tertiary/aromatic N) is 2. The maximum absolute atomic E-state index is 2.72. The van der Waals surface area contributed by atoms with Crippen LogP contribution in [0.1, 0.15) is 232 Å². The number of fused-ring (bicyclic) bond motifs is 4. The molecule has 0 spiro atoms. The van der Waals surface area contributed by atoms with E-state index in [4.69, 9.17) is 0 Å². The molecule has 3 heteroatoms. The molecule has 0 bridgehead atoms. The van der Waals surface area contributed by atoms with Crippen molar-refractivity contribution in [3.63, 3.8) is 0 Å². The summed E-state index contributed by atoms with van der Waals surface area (Å²) in [5, 5.41) is 0. The molecule has 0 unspecified atom stereocenters. The Labute approximate surface area is 538 Å². The Balaban J connectivity index is 1.35. The lowest BCUT2D eigenvalue weighted by Crippen LogP contribution is -2.62. The highest BCUT2D eigenvalue weighted by Gasteiger charge is 2.48. The first-order valence-corrected chi connectivity index (χ1v) is 33.0. The van der Waals surface area contributed by atoms with E-state index in [0.29, 0.717) is 0 Å². The van der Waals surface area contributed by atoms with E-state index in [1.807, 2.05) is 0 Å². The van der Waals surface area contributed by atoms with Crippen LogP contribution in [0.15, 0.2) is 194 Å². The maximum atomic E-state index is 2.72. The van der Waals surface area contributed by atoms with Gasteiger partial charge in [0.1, 0.15) is 0 Å². The Bertz CT molecular complexity index is 3870. The molecule has 0 atom stereocenters. The molecule has 2 aliphatic rings. The standard InChI is InChI=1S/C86H101BN2/c1-78(2,3)60-48-75-77-76(49-60)89(62-45-47-64(80(7,8)9)68(51-62)84(18,19)57-38-30-25-31-39-57)74-55-70(86(22,23)59-42-34-27-35-43-59)66(82(13,14)15)53-72(74)87(77)71-52-65(81(10,11)12)69(85(20,21)58-40-32-26-33-41-58)54-73(71)88(75)61-44-46-63(79(4,5)6)67(50-61)83(16,17)56-36-28-24-29-37-56/h24-55H,1-23H3. The summed E-state index contributed by atoms with van der Waals surface area (Å²) in [6.45, 7) is 55.5. The molecule has 11 rings (SSSR count). The van der Waals surface area contributed by atoms with Crippen LogP contribution in [0.25, 0.3) is 0 Å². The van der Waals surface area contributed by atoms with E-state index in [0.717, 1.165) is 0 Å². The zero-order chi connectivity index (χ0) is 64.6. The third-order valence-electron chi connectivity index (χ3n) is 20.6. The fraction of sp³-hybridized carbons (Fsp3) is 0.372. The van der Waals surface area contributed by atoms with Crippen molar-refractivity contribution in [2.75, 3.05) is 9.80 Å². The van der Waals surface area contributed by atoms with Crippen LogP contribution in [0.5, 0.6) is 0 Å². The number of anilines is 6. The lowest BCUT2D eigenvalue weighted by atomic mass is 9.32. The van der Waals surface area contributed by atoms with Gasteiger partial charge in [0, 0.05) is 55.8 Å². The SMILES string of the molecule is CC(C)(C)c1cc2c3c(c1)N(c1ccc(C(C)(C)C)c(C(C)(C)c4ccccc4)c1)c1cc(C(C)(C)c4ccccc4)c(C(C)(C)C)cc1B3c1cc(C(C)(C)C)c(C(C)(C)c3ccccc3)cc1N2c1ccc(C(C)(C)C)c(C(C)(C)c2ccccc2)c1. The normalized spacial score (nSPS) is 14.2. The van der Waals surface area contributed by atoms with E-state index in [2.05, 4.69) is 363 Å². The molecular formula is C86H101BN2. The molecule has 0 saturated carbocycles. The van der Waals surface area contributed by atoms with Crippen molar-refractivity contribution in [2.24, 2.45) is 0 Å². The van der Waals surface area contributed by atoms with Crippen molar-refractivity contribution in [2.45, 2.75) is 208 Å². The number of benzene rings is 9. The summed E-state index contributed by atoms with van der Waals surface area (Å²) in [6.07, 6.45) is 0. The predicted molar refractivity (Wildman–Crippen MR) is 388 cm³/mol. The van der Waals surface area contributed by atoms with E-state index in [1.54, 1.807) is 0 Å². The first-order chi connectivity index (χ1) is 41.4. The van der Waals surface area contributed by atoms with Crippen LogP contribution in [0, 0.1) is 0 Å². The Morgan fingerprint density at radius 2 is 0.494 bits per heavy atom. The van der Waals surface area contributed by atoms with Gasteiger partial charge in [-0.3, -0.25) is 0 Å². The van der Waals surface area contributed by atoms with Gasteiger partial charge in [-0.15, -0.1) is 0 Å². The van der Waals surface area contributed by atoms with Crippen LogP contribution in [-0.2, 0) is 48.7 Å². The van der Waals surface area contributed by atoms with E-state index in [9.17, 15) is 0 Å². The van der Waals surface area contributed by atoms with Crippen LogP contribution >= 0.6 is 0 Å². The van der Waals surface area contributed by atoms with E-state index < -0.39 is 0 Å². The van der Waals surface area contributed by atoms with Crippen LogP contribution in [0.2, 0.25) is 0 Å². The molecule has 2 heterocycles. The van der Waals surface area contributed by atoms with Gasteiger partial charge >= 0.3 is 0 Å². The van der Waals surface area contributed by atoms with Crippen molar-refractivity contribution in [3.05, 3.63) is 266 Å². The summed E-state index contributed by atoms with van der Waals surface area (Å²) in [5.41, 5.74) is 26.5. The van der Waals surface area contributed by atoms with Crippen LogP contribution < -0.4 is 26.2 Å². The van der Waals surface area contributed by atoms with E-state index in [1.165, 1.54) is 123 Å². The topological polar surface area (TPSA) is 6.48 Å². The molecule has 0 N–H and O–H groups in total. The third-order valence-corrected chi connectivity index (χ3v) is 20.6. The molecule has 2 aliphatic heterocycles. The summed E-state index contributed by atoms with van der Waals surface area (Å²) >= 11 is 0. The molecule has 0 amide bonds. The summed E-state index contributed by atoms with van der Waals surface area (Å²) in [6, 6.07) is 75.8. The number of rotatable bonds is 10. The monoisotopic (exact) mass is 1170 g/mol. The summed E-state index contributed by atoms with van der Waals surface area (Å²) in [4.78, 5) is 5.45. The van der Waals surface area contributed by atoms with E-state index >= 15 is 0 Å². The van der Waals surface area contributed by atoms with Gasteiger partial charge in [-0.25, -0.2) is 0 Å². The van der Waals surface area contributed by atoms with Gasteiger partial charge in [-0.2, -0.15) is 0 Å². The van der Waals surface area contributed by atoms with Gasteiger partial charge in [0.25, 0.3) is 6.71 Å². The zero-order valence-electron chi connectivity index (χ0n) is 58.4. The van der Waals surface area contributed by atoms with E-state index in [-0.39, 0.29) is 55.4 Å². The fourth-order valence-corrected chi connectivity index (χ4v) is 15.1. The number of hydrogen-bond donors (Lipinski definition) is 0. The molecule has 9 aromatic rings. The number of hydrogen-bond acceptors (Lipinski definition) is 2. The minimum Gasteiger partial charge on any atom is -0.311 e. The second kappa shape index (κ2) is 21.7. The highest BCUT2D eigenvalue weighted by Crippen LogP contribution is 2.53. The van der Waals surface area contributed by atoms with Crippen molar-refractivity contribution in [1.29, 1.82) is 0 Å². The summed E-state index contributed by atoms with van der Waals surface area (Å²) < 4.78 is 0. The van der Waals surface area contributed by atoms with Crippen molar-refractivity contribution >= 4 is 57.2 Å². The second-order valence-electron chi connectivity index (χ2n) is 33.6. The zero-order valence-corrected chi connectivity index (χ0v) is 58.4. The van der Waals surface area contributed by atoms with Gasteiger partial charge in [-0.1, -0.05) is 305 Å². The lowest BCUT2D eigenvalue weighted by Gasteiger charge is -2.48. The summed E-state index contributed by atoms with van der Waals surface area (Å²) in [7, 11) is 0. The largest absolute Gasteiger partial charge is 0.311 e. The minimum absolute atomic E-state index is 0.121. The highest BCUT2D eigenvalue weighted by molar-refractivity contribution is 7.00. The first-order valence-electron chi connectivity index (χ1n) is 33.0. The average Bonchev–Trinajstić information content (AvgIpc) is 0.688. The minimum atomic E-state index is -0.344. The molecule has 0 aromatic heterocycles. The van der Waals surface area contributed by atoms with Crippen LogP contribution in [0.4, 0.5) is 34.1 Å². The second-order valence-corrected chi connectivity index (χ2v) is 33.6. The molecule has 89 heavy (non-hydrogen) atoms. The Kier molecular flexibility index (Phi) is 15.4. The van der Waals surface area contributed by atoms with Gasteiger partial charge in [0.2, 0.25) is 0 Å². The molecule has 458 valence electrons. The van der Waals surface area contributed by atoms with Crippen molar-refractivity contribution in [1.82, 2.24) is 0 Å². The van der Waals surface area contributed by atoms with Gasteiger partial charge in [0.05, 0.1) is 0 Å². The van der Waals surface area contributed by atoms with Crippen LogP contribution in [-0.4, -0.2) is 6.71 Å². The fourth-order valence-electron chi connectivity index (χ4n) is 15.1. The molecule has 0 fully saturated rings. The molecule has 9 aromatic carbocycles. The van der Waals surface area contributed by atoms with Crippen molar-refractivity contribution < 1.29 is 0 Å². The highest BCUT2D eigenvalue weighted by atomic mass is 15.2. The van der Waals surface area contributed by atoms with Gasteiger partial charge < -0.3 is 9.80 Å². The predicted octanol–water partition coefficient (Wildman–Crippen LogP) is 21.6.